The molecule has 0 saturated carbocycles. The molecule has 5 nitrogen and oxygen atoms in total. The fraction of sp³-hybridized carbons (Fsp3) is 0.600. The van der Waals surface area contributed by atoms with Crippen molar-refractivity contribution in [3.63, 3.8) is 0 Å². The van der Waals surface area contributed by atoms with Crippen LogP contribution in [0, 0.1) is 19.8 Å². The molecule has 2 heterocycles. The van der Waals surface area contributed by atoms with Crippen LogP contribution in [0.1, 0.15) is 43.4 Å². The number of carbonyl (C=O) groups excluding carboxylic acids is 1. The van der Waals surface area contributed by atoms with Gasteiger partial charge in [0.1, 0.15) is 5.71 Å². The molecule has 1 aromatic carbocycles. The minimum Gasteiger partial charge on any atom is -0.387 e. The van der Waals surface area contributed by atoms with Gasteiger partial charge in [-0.3, -0.25) is 9.69 Å². The minimum atomic E-state index is -0.315. The van der Waals surface area contributed by atoms with Crippen LogP contribution in [0.25, 0.3) is 0 Å². The van der Waals surface area contributed by atoms with E-state index in [1.807, 2.05) is 0 Å². The van der Waals surface area contributed by atoms with Gasteiger partial charge in [-0.25, -0.2) is 0 Å². The van der Waals surface area contributed by atoms with Crippen molar-refractivity contribution >= 4 is 11.6 Å². The van der Waals surface area contributed by atoms with E-state index in [-0.39, 0.29) is 11.5 Å². The number of nitrogens with zero attached hydrogens (tertiary/aromatic N) is 2. The van der Waals surface area contributed by atoms with Crippen LogP contribution in [0.5, 0.6) is 0 Å². The number of carbonyl (C=O) groups is 1. The first-order chi connectivity index (χ1) is 11.9. The van der Waals surface area contributed by atoms with E-state index in [9.17, 15) is 4.79 Å². The van der Waals surface area contributed by atoms with Crippen LogP contribution in [-0.4, -0.2) is 41.8 Å². The van der Waals surface area contributed by atoms with Crippen LogP contribution >= 0.6 is 0 Å². The van der Waals surface area contributed by atoms with E-state index in [1.54, 1.807) is 0 Å². The molecule has 0 aliphatic carbocycles. The van der Waals surface area contributed by atoms with Crippen LogP contribution in [-0.2, 0) is 16.2 Å². The lowest BCUT2D eigenvalue weighted by atomic mass is 9.96. The van der Waals surface area contributed by atoms with Gasteiger partial charge in [-0.15, -0.1) is 0 Å². The Morgan fingerprint density at radius 1 is 1.36 bits per heavy atom. The largest absolute Gasteiger partial charge is 0.387 e. The summed E-state index contributed by atoms with van der Waals surface area (Å²) in [5.41, 5.74) is 4.20. The molecule has 1 spiro atoms. The lowest BCUT2D eigenvalue weighted by molar-refractivity contribution is -0.115. The summed E-state index contributed by atoms with van der Waals surface area (Å²) >= 11 is 0. The van der Waals surface area contributed by atoms with Gasteiger partial charge in [0.25, 0.3) is 5.91 Å². The zero-order valence-electron chi connectivity index (χ0n) is 15.8. The van der Waals surface area contributed by atoms with Crippen molar-refractivity contribution in [1.29, 1.82) is 0 Å². The molecule has 25 heavy (non-hydrogen) atoms. The molecule has 2 aliphatic rings. The fourth-order valence-electron chi connectivity index (χ4n) is 3.48. The first kappa shape index (κ1) is 17.9. The molecule has 3 rings (SSSR count). The Balaban J connectivity index is 1.54. The Labute approximate surface area is 150 Å². The van der Waals surface area contributed by atoms with Crippen molar-refractivity contribution in [3.05, 3.63) is 34.9 Å². The summed E-state index contributed by atoms with van der Waals surface area (Å²) in [5, 5.41) is 7.02. The molecule has 1 amide bonds. The normalized spacial score (nSPS) is 23.2. The Hall–Kier alpha value is -1.88. The van der Waals surface area contributed by atoms with Gasteiger partial charge in [0.2, 0.25) is 0 Å². The Kier molecular flexibility index (Phi) is 5.13. The van der Waals surface area contributed by atoms with Crippen molar-refractivity contribution < 1.29 is 9.63 Å². The number of rotatable bonds is 5. The van der Waals surface area contributed by atoms with E-state index >= 15 is 0 Å². The third kappa shape index (κ3) is 4.21. The lowest BCUT2D eigenvalue weighted by Gasteiger charge is -2.22. The average Bonchev–Trinajstić information content (AvgIpc) is 3.16. The maximum Gasteiger partial charge on any atom is 0.269 e. The van der Waals surface area contributed by atoms with Crippen molar-refractivity contribution in [2.45, 2.75) is 52.7 Å². The Morgan fingerprint density at radius 2 is 2.16 bits per heavy atom. The number of benzene rings is 1. The summed E-state index contributed by atoms with van der Waals surface area (Å²) in [5.74, 6) is 0.346. The van der Waals surface area contributed by atoms with Gasteiger partial charge in [0.05, 0.1) is 0 Å². The summed E-state index contributed by atoms with van der Waals surface area (Å²) in [4.78, 5) is 20.3. The number of aryl methyl sites for hydroxylation is 2. The third-order valence-electron chi connectivity index (χ3n) is 5.14. The SMILES string of the molecule is Cc1ccc(CN2CCC3(CC(C(=O)NCC(C)C)=NO3)C2)cc1C. The highest BCUT2D eigenvalue weighted by molar-refractivity contribution is 6.39. The van der Waals surface area contributed by atoms with Gasteiger partial charge in [0, 0.05) is 39.0 Å². The first-order valence-electron chi connectivity index (χ1n) is 9.19. The lowest BCUT2D eigenvalue weighted by Crippen LogP contribution is -2.37. The van der Waals surface area contributed by atoms with Crippen LogP contribution in [0.2, 0.25) is 0 Å². The molecule has 1 saturated heterocycles. The van der Waals surface area contributed by atoms with Crippen LogP contribution in [0.4, 0.5) is 0 Å². The van der Waals surface area contributed by atoms with Crippen molar-refractivity contribution in [3.8, 4) is 0 Å². The number of hydrogen-bond donors (Lipinski definition) is 1. The topological polar surface area (TPSA) is 53.9 Å². The molecule has 0 aromatic heterocycles. The predicted molar refractivity (Wildman–Crippen MR) is 99.5 cm³/mol. The molecular formula is C20H29N3O2. The van der Waals surface area contributed by atoms with Crippen LogP contribution in [0.15, 0.2) is 23.4 Å². The monoisotopic (exact) mass is 343 g/mol. The molecular weight excluding hydrogens is 314 g/mol. The number of nitrogens with one attached hydrogen (secondary N) is 1. The zero-order chi connectivity index (χ0) is 18.0. The van der Waals surface area contributed by atoms with Crippen molar-refractivity contribution in [2.24, 2.45) is 11.1 Å². The van der Waals surface area contributed by atoms with E-state index in [1.165, 1.54) is 16.7 Å². The molecule has 0 bridgehead atoms. The van der Waals surface area contributed by atoms with E-state index < -0.39 is 0 Å². The van der Waals surface area contributed by atoms with Gasteiger partial charge < -0.3 is 10.2 Å². The maximum absolute atomic E-state index is 12.2. The highest BCUT2D eigenvalue weighted by Gasteiger charge is 2.46. The standard InChI is InChI=1S/C20H29N3O2/c1-14(2)11-21-19(24)18-10-20(25-22-18)7-8-23(13-20)12-17-6-5-15(3)16(4)9-17/h5-6,9,14H,7-8,10-13H2,1-4H3,(H,21,24). The second-order valence-electron chi connectivity index (χ2n) is 7.97. The molecule has 1 aromatic rings. The predicted octanol–water partition coefficient (Wildman–Crippen LogP) is 2.80. The molecule has 5 heteroatoms. The van der Waals surface area contributed by atoms with Gasteiger partial charge in [0.15, 0.2) is 5.60 Å². The number of amides is 1. The first-order valence-corrected chi connectivity index (χ1v) is 9.19. The fourth-order valence-corrected chi connectivity index (χ4v) is 3.48. The molecule has 1 fully saturated rings. The van der Waals surface area contributed by atoms with E-state index in [4.69, 9.17) is 4.84 Å². The highest BCUT2D eigenvalue weighted by Crippen LogP contribution is 2.34. The quantitative estimate of drug-likeness (QED) is 0.894. The highest BCUT2D eigenvalue weighted by atomic mass is 16.7. The van der Waals surface area contributed by atoms with E-state index in [0.29, 0.717) is 24.6 Å². The number of oxime groups is 1. The summed E-state index contributed by atoms with van der Waals surface area (Å²) in [6.45, 7) is 11.8. The molecule has 1 unspecified atom stereocenters. The van der Waals surface area contributed by atoms with Crippen molar-refractivity contribution in [1.82, 2.24) is 10.2 Å². The van der Waals surface area contributed by atoms with Gasteiger partial charge in [-0.2, -0.15) is 0 Å². The second-order valence-corrected chi connectivity index (χ2v) is 7.97. The average molecular weight is 343 g/mol. The number of likely N-dealkylation sites (tertiary alicyclic amines) is 1. The Bertz CT molecular complexity index is 684. The van der Waals surface area contributed by atoms with Crippen molar-refractivity contribution in [2.75, 3.05) is 19.6 Å². The second kappa shape index (κ2) is 7.16. The van der Waals surface area contributed by atoms with Gasteiger partial charge in [-0.05, 0) is 36.5 Å². The Morgan fingerprint density at radius 3 is 2.88 bits per heavy atom. The summed E-state index contributed by atoms with van der Waals surface area (Å²) in [7, 11) is 0. The third-order valence-corrected chi connectivity index (χ3v) is 5.14. The summed E-state index contributed by atoms with van der Waals surface area (Å²) in [6.07, 6.45) is 1.53. The van der Waals surface area contributed by atoms with Crippen LogP contribution in [0.3, 0.4) is 0 Å². The molecule has 1 atom stereocenters. The molecule has 0 radical (unpaired) electrons. The summed E-state index contributed by atoms with van der Waals surface area (Å²) < 4.78 is 0. The van der Waals surface area contributed by atoms with E-state index in [0.717, 1.165) is 26.1 Å². The zero-order valence-corrected chi connectivity index (χ0v) is 15.8. The molecule has 136 valence electrons. The smallest absolute Gasteiger partial charge is 0.269 e. The van der Waals surface area contributed by atoms with Gasteiger partial charge in [-0.1, -0.05) is 37.2 Å². The molecule has 2 aliphatic heterocycles. The van der Waals surface area contributed by atoms with Crippen LogP contribution < -0.4 is 5.32 Å². The maximum atomic E-state index is 12.2. The van der Waals surface area contributed by atoms with Gasteiger partial charge >= 0.3 is 0 Å². The summed E-state index contributed by atoms with van der Waals surface area (Å²) in [6, 6.07) is 6.64. The molecule has 1 N–H and O–H groups in total. The minimum absolute atomic E-state index is 0.0850. The van der Waals surface area contributed by atoms with E-state index in [2.05, 4.69) is 61.3 Å². The number of hydrogen-bond acceptors (Lipinski definition) is 4.